The predicted octanol–water partition coefficient (Wildman–Crippen LogP) is 0.0619. The Balaban J connectivity index is 1.54. The van der Waals surface area contributed by atoms with Crippen molar-refractivity contribution in [2.75, 3.05) is 20.3 Å². The van der Waals surface area contributed by atoms with E-state index < -0.39 is 51.4 Å². The minimum atomic E-state index is -3.88. The number of benzene rings is 1. The van der Waals surface area contributed by atoms with Gasteiger partial charge in [-0.1, -0.05) is 30.3 Å². The molecule has 5 atom stereocenters. The van der Waals surface area contributed by atoms with Gasteiger partial charge in [-0.05, 0) is 18.6 Å². The number of nitrogens with zero attached hydrogens (tertiary/aromatic N) is 2. The van der Waals surface area contributed by atoms with E-state index in [2.05, 4.69) is 0 Å². The third-order valence-corrected chi connectivity index (χ3v) is 8.72. The summed E-state index contributed by atoms with van der Waals surface area (Å²) in [6.07, 6.45) is 0.416. The highest BCUT2D eigenvalue weighted by molar-refractivity contribution is 7.92. The number of hydrogen-bond acceptors (Lipinski definition) is 9. The van der Waals surface area contributed by atoms with E-state index in [9.17, 15) is 22.8 Å². The Bertz CT molecular complexity index is 1350. The highest BCUT2D eigenvalue weighted by Gasteiger charge is 2.78. The third-order valence-electron chi connectivity index (χ3n) is 7.16. The number of piperazine rings is 1. The number of fused-ring (bicyclic) bond motifs is 4. The molecule has 1 unspecified atom stereocenters. The zero-order valence-corrected chi connectivity index (χ0v) is 19.8. The molecule has 1 aromatic rings. The maximum Gasteiger partial charge on any atom is 0.404 e. The lowest BCUT2D eigenvalue weighted by molar-refractivity contribution is -0.141. The highest BCUT2D eigenvalue weighted by atomic mass is 32.2. The number of methoxy groups -OCH3 is 1. The van der Waals surface area contributed by atoms with Crippen molar-refractivity contribution < 1.29 is 32.3 Å². The normalized spacial score (nSPS) is 31.7. The number of nitrogens with two attached hydrogens (primary N) is 2. The second kappa shape index (κ2) is 7.77. The summed E-state index contributed by atoms with van der Waals surface area (Å²) in [5.41, 5.74) is 10.4. The molecule has 0 aromatic heterocycles. The molecule has 2 saturated heterocycles. The summed E-state index contributed by atoms with van der Waals surface area (Å²) in [6.45, 7) is 1.19. The number of allylic oxidation sites excluding steroid dienone is 2. The number of sulfonamides is 1. The Morgan fingerprint density at radius 2 is 1.91 bits per heavy atom. The van der Waals surface area contributed by atoms with Gasteiger partial charge in [0.15, 0.2) is 5.72 Å². The topological polar surface area (TPSA) is 162 Å². The Morgan fingerprint density at radius 1 is 1.23 bits per heavy atom. The first kappa shape index (κ1) is 23.3. The molecule has 0 spiro atoms. The summed E-state index contributed by atoms with van der Waals surface area (Å²) in [5, 5.41) is 1.12. The fourth-order valence-electron chi connectivity index (χ4n) is 5.58. The fourth-order valence-corrected chi connectivity index (χ4v) is 7.16. The first-order valence-corrected chi connectivity index (χ1v) is 12.4. The SMILES string of the molecule is CO[C@@]12[C@H](COC(N)=O)C3=C(C(=O)C(C)=C(N)C3=O)N1C[C@H]1[C@@H]2N1S(=O)(=O)/C=C/c1ccccc1. The summed E-state index contributed by atoms with van der Waals surface area (Å²) in [5.74, 6) is -2.00. The fraction of sp³-hybridized carbons (Fsp3) is 0.348. The number of ketones is 2. The lowest BCUT2D eigenvalue weighted by Gasteiger charge is -2.40. The van der Waals surface area contributed by atoms with Gasteiger partial charge in [0.2, 0.25) is 21.6 Å². The molecule has 4 aliphatic rings. The third kappa shape index (κ3) is 3.17. The number of primary amides is 1. The molecule has 2 fully saturated rings. The minimum Gasteiger partial charge on any atom is -0.449 e. The molecule has 0 saturated carbocycles. The van der Waals surface area contributed by atoms with Crippen molar-refractivity contribution in [1.29, 1.82) is 0 Å². The Hall–Kier alpha value is -3.48. The molecule has 5 rings (SSSR count). The average Bonchev–Trinajstić information content (AvgIpc) is 3.37. The molecule has 184 valence electrons. The monoisotopic (exact) mass is 500 g/mol. The quantitative estimate of drug-likeness (QED) is 0.406. The molecule has 4 N–H and O–H groups in total. The lowest BCUT2D eigenvalue weighted by atomic mass is 9.82. The number of carbonyl (C=O) groups excluding carboxylic acids is 3. The van der Waals surface area contributed by atoms with Crippen molar-refractivity contribution >= 4 is 33.8 Å². The standard InChI is InChI=1S/C23H24N4O7S/c1-12-17(24)20(29)16-14(11-34-22(25)30)23(33-2)21-15(10-26(23)18(16)19(12)28)27(21)35(31,32)9-8-13-6-4-3-5-7-13/h3-9,14-15,21H,10-11,24H2,1-2H3,(H2,25,30)/b9-8+/t14-,15+,21+,23-,27?/m1/s1. The van der Waals surface area contributed by atoms with Gasteiger partial charge in [-0.2, -0.15) is 4.31 Å². The van der Waals surface area contributed by atoms with E-state index in [0.29, 0.717) is 5.56 Å². The van der Waals surface area contributed by atoms with Crippen LogP contribution in [-0.2, 0) is 29.1 Å². The summed E-state index contributed by atoms with van der Waals surface area (Å²) < 4.78 is 38.7. The van der Waals surface area contributed by atoms with Crippen molar-refractivity contribution in [1.82, 2.24) is 9.21 Å². The first-order chi connectivity index (χ1) is 16.6. The zero-order chi connectivity index (χ0) is 25.3. The maximum atomic E-state index is 13.2. The molecule has 0 radical (unpaired) electrons. The van der Waals surface area contributed by atoms with Crippen LogP contribution in [0.5, 0.6) is 0 Å². The van der Waals surface area contributed by atoms with Gasteiger partial charge in [0, 0.05) is 30.2 Å². The molecule has 1 amide bonds. The molecule has 3 heterocycles. The number of carbonyl (C=O) groups is 3. The van der Waals surface area contributed by atoms with Gasteiger partial charge in [0.05, 0.1) is 29.4 Å². The van der Waals surface area contributed by atoms with Crippen LogP contribution in [0.15, 0.2) is 58.3 Å². The number of rotatable bonds is 6. The molecule has 0 bridgehead atoms. The van der Waals surface area contributed by atoms with E-state index in [1.807, 2.05) is 6.07 Å². The molecule has 11 nitrogen and oxygen atoms in total. The van der Waals surface area contributed by atoms with E-state index in [1.165, 1.54) is 24.4 Å². The predicted molar refractivity (Wildman–Crippen MR) is 123 cm³/mol. The Labute approximate surface area is 201 Å². The van der Waals surface area contributed by atoms with Crippen molar-refractivity contribution in [3.8, 4) is 0 Å². The number of ether oxygens (including phenoxy) is 2. The van der Waals surface area contributed by atoms with Crippen molar-refractivity contribution in [2.24, 2.45) is 17.4 Å². The zero-order valence-electron chi connectivity index (χ0n) is 19.0. The first-order valence-electron chi connectivity index (χ1n) is 10.9. The van der Waals surface area contributed by atoms with Crippen LogP contribution in [-0.4, -0.2) is 73.4 Å². The van der Waals surface area contributed by atoms with Crippen molar-refractivity contribution in [2.45, 2.75) is 24.7 Å². The molecular weight excluding hydrogens is 476 g/mol. The summed E-state index contributed by atoms with van der Waals surface area (Å²) in [6, 6.07) is 7.73. The van der Waals surface area contributed by atoms with E-state index in [4.69, 9.17) is 20.9 Å². The van der Waals surface area contributed by atoms with Crippen LogP contribution >= 0.6 is 0 Å². The van der Waals surface area contributed by atoms with Gasteiger partial charge in [0.1, 0.15) is 6.61 Å². The van der Waals surface area contributed by atoms with Crippen LogP contribution in [0, 0.1) is 5.92 Å². The van der Waals surface area contributed by atoms with E-state index in [-0.39, 0.29) is 35.7 Å². The second-order valence-corrected chi connectivity index (χ2v) is 10.5. The molecule has 1 aliphatic carbocycles. The van der Waals surface area contributed by atoms with Gasteiger partial charge >= 0.3 is 6.09 Å². The van der Waals surface area contributed by atoms with E-state index in [1.54, 1.807) is 29.2 Å². The van der Waals surface area contributed by atoms with Gasteiger partial charge in [-0.3, -0.25) is 9.59 Å². The van der Waals surface area contributed by atoms with E-state index >= 15 is 0 Å². The average molecular weight is 501 g/mol. The van der Waals surface area contributed by atoms with Crippen molar-refractivity contribution in [3.05, 3.63) is 63.8 Å². The Kier molecular flexibility index (Phi) is 5.16. The van der Waals surface area contributed by atoms with Crippen molar-refractivity contribution in [3.63, 3.8) is 0 Å². The van der Waals surface area contributed by atoms with Crippen LogP contribution in [0.3, 0.4) is 0 Å². The lowest BCUT2D eigenvalue weighted by Crippen LogP contribution is -2.56. The number of Topliss-reactive ketones (excluding diaryl/α,β-unsaturated/α-hetero) is 2. The highest BCUT2D eigenvalue weighted by Crippen LogP contribution is 2.60. The smallest absolute Gasteiger partial charge is 0.404 e. The van der Waals surface area contributed by atoms with Crippen LogP contribution in [0.1, 0.15) is 12.5 Å². The minimum absolute atomic E-state index is 0.0451. The largest absolute Gasteiger partial charge is 0.449 e. The van der Waals surface area contributed by atoms with Gasteiger partial charge in [-0.15, -0.1) is 0 Å². The summed E-state index contributed by atoms with van der Waals surface area (Å²) in [7, 11) is -2.51. The molecule has 35 heavy (non-hydrogen) atoms. The van der Waals surface area contributed by atoms with Crippen LogP contribution in [0.4, 0.5) is 4.79 Å². The Morgan fingerprint density at radius 3 is 2.54 bits per heavy atom. The van der Waals surface area contributed by atoms with Gasteiger partial charge in [-0.25, -0.2) is 13.2 Å². The number of hydrogen-bond donors (Lipinski definition) is 2. The van der Waals surface area contributed by atoms with Crippen LogP contribution in [0.2, 0.25) is 0 Å². The van der Waals surface area contributed by atoms with Crippen LogP contribution in [0.25, 0.3) is 6.08 Å². The number of amides is 1. The summed E-state index contributed by atoms with van der Waals surface area (Å²) >= 11 is 0. The summed E-state index contributed by atoms with van der Waals surface area (Å²) in [4.78, 5) is 39.4. The van der Waals surface area contributed by atoms with Crippen LogP contribution < -0.4 is 11.5 Å². The molecule has 1 aromatic carbocycles. The van der Waals surface area contributed by atoms with E-state index in [0.717, 1.165) is 5.41 Å². The second-order valence-electron chi connectivity index (χ2n) is 8.81. The molecule has 12 heteroatoms. The van der Waals surface area contributed by atoms with Gasteiger partial charge < -0.3 is 25.8 Å². The van der Waals surface area contributed by atoms with Gasteiger partial charge in [0.25, 0.3) is 0 Å². The maximum absolute atomic E-state index is 13.2. The molecule has 3 aliphatic heterocycles. The molecular formula is C23H24N4O7S.